The fourth-order valence-corrected chi connectivity index (χ4v) is 2.35. The van der Waals surface area contributed by atoms with Crippen molar-refractivity contribution in [3.8, 4) is 0 Å². The molecular formula is C10H20N2. The third-order valence-corrected chi connectivity index (χ3v) is 3.26. The summed E-state index contributed by atoms with van der Waals surface area (Å²) < 4.78 is 0. The minimum Gasteiger partial charge on any atom is -0.297 e. The second-order valence-electron chi connectivity index (χ2n) is 4.52. The second kappa shape index (κ2) is 3.35. The molecule has 2 unspecified atom stereocenters. The van der Waals surface area contributed by atoms with Crippen LogP contribution in [0.2, 0.25) is 0 Å². The van der Waals surface area contributed by atoms with Gasteiger partial charge in [-0.3, -0.25) is 10.2 Å². The predicted octanol–water partition coefficient (Wildman–Crippen LogP) is 1.43. The molecule has 2 nitrogen and oxygen atoms in total. The Labute approximate surface area is 75.3 Å². The quantitative estimate of drug-likeness (QED) is 0.637. The van der Waals surface area contributed by atoms with Crippen LogP contribution in [0.5, 0.6) is 0 Å². The summed E-state index contributed by atoms with van der Waals surface area (Å²) in [5.74, 6) is 0.788. The van der Waals surface area contributed by atoms with E-state index in [0.29, 0.717) is 6.17 Å². The van der Waals surface area contributed by atoms with Gasteiger partial charge >= 0.3 is 0 Å². The minimum absolute atomic E-state index is 0.714. The van der Waals surface area contributed by atoms with Crippen LogP contribution in [-0.4, -0.2) is 30.2 Å². The molecular weight excluding hydrogens is 148 g/mol. The zero-order valence-corrected chi connectivity index (χ0v) is 8.21. The molecule has 1 N–H and O–H groups in total. The van der Waals surface area contributed by atoms with Crippen LogP contribution in [0, 0.1) is 5.92 Å². The molecule has 12 heavy (non-hydrogen) atoms. The van der Waals surface area contributed by atoms with E-state index in [-0.39, 0.29) is 0 Å². The van der Waals surface area contributed by atoms with Crippen LogP contribution in [0.15, 0.2) is 0 Å². The highest BCUT2D eigenvalue weighted by Gasteiger charge is 2.33. The molecule has 2 rings (SSSR count). The first-order valence-corrected chi connectivity index (χ1v) is 5.27. The molecule has 2 aliphatic heterocycles. The van der Waals surface area contributed by atoms with Crippen LogP contribution in [0.4, 0.5) is 0 Å². The highest BCUT2D eigenvalue weighted by molar-refractivity contribution is 4.90. The van der Waals surface area contributed by atoms with E-state index >= 15 is 0 Å². The van der Waals surface area contributed by atoms with Gasteiger partial charge in [0.2, 0.25) is 0 Å². The number of hydrogen-bond acceptors (Lipinski definition) is 2. The maximum absolute atomic E-state index is 3.72. The highest BCUT2D eigenvalue weighted by atomic mass is 15.3. The number of hydrogen-bond donors (Lipinski definition) is 1. The predicted molar refractivity (Wildman–Crippen MR) is 51.0 cm³/mol. The van der Waals surface area contributed by atoms with Crippen molar-refractivity contribution in [2.24, 2.45) is 5.92 Å². The van der Waals surface area contributed by atoms with Crippen LogP contribution in [0.1, 0.15) is 33.1 Å². The maximum Gasteiger partial charge on any atom is 0.0600 e. The van der Waals surface area contributed by atoms with Crippen molar-refractivity contribution in [3.05, 3.63) is 0 Å². The molecule has 2 heterocycles. The lowest BCUT2D eigenvalue weighted by atomic mass is 10.1. The van der Waals surface area contributed by atoms with E-state index in [1.165, 1.54) is 32.4 Å². The molecule has 0 bridgehead atoms. The first-order valence-electron chi connectivity index (χ1n) is 5.27. The average molecular weight is 168 g/mol. The van der Waals surface area contributed by atoms with Gasteiger partial charge in [0.25, 0.3) is 0 Å². The SMILES string of the molecule is CC(C)C1CN2CCCCC2N1. The van der Waals surface area contributed by atoms with Gasteiger partial charge in [0.1, 0.15) is 0 Å². The van der Waals surface area contributed by atoms with E-state index in [9.17, 15) is 0 Å². The Morgan fingerprint density at radius 1 is 1.33 bits per heavy atom. The number of rotatable bonds is 1. The van der Waals surface area contributed by atoms with E-state index in [1.54, 1.807) is 0 Å². The zero-order valence-electron chi connectivity index (χ0n) is 8.21. The molecule has 0 radical (unpaired) electrons. The molecule has 0 aromatic rings. The van der Waals surface area contributed by atoms with E-state index in [2.05, 4.69) is 24.1 Å². The molecule has 70 valence electrons. The molecule has 0 saturated carbocycles. The Morgan fingerprint density at radius 2 is 2.17 bits per heavy atom. The Kier molecular flexibility index (Phi) is 2.37. The molecule has 2 saturated heterocycles. The lowest BCUT2D eigenvalue weighted by Crippen LogP contribution is -2.40. The van der Waals surface area contributed by atoms with Gasteiger partial charge < -0.3 is 0 Å². The fourth-order valence-electron chi connectivity index (χ4n) is 2.35. The Morgan fingerprint density at radius 3 is 2.83 bits per heavy atom. The van der Waals surface area contributed by atoms with Crippen molar-refractivity contribution in [3.63, 3.8) is 0 Å². The molecule has 0 amide bonds. The smallest absolute Gasteiger partial charge is 0.0600 e. The summed E-state index contributed by atoms with van der Waals surface area (Å²) in [6, 6.07) is 0.744. The van der Waals surface area contributed by atoms with Crippen LogP contribution >= 0.6 is 0 Å². The van der Waals surface area contributed by atoms with Crippen molar-refractivity contribution in [1.82, 2.24) is 10.2 Å². The fraction of sp³-hybridized carbons (Fsp3) is 1.00. The summed E-state index contributed by atoms with van der Waals surface area (Å²) in [6.45, 7) is 7.23. The summed E-state index contributed by atoms with van der Waals surface area (Å²) in [5.41, 5.74) is 0. The Bertz CT molecular complexity index is 142. The lowest BCUT2D eigenvalue weighted by Gasteiger charge is -2.28. The van der Waals surface area contributed by atoms with Gasteiger partial charge in [-0.15, -0.1) is 0 Å². The van der Waals surface area contributed by atoms with Gasteiger partial charge in [0, 0.05) is 12.6 Å². The molecule has 2 fully saturated rings. The number of nitrogens with zero attached hydrogens (tertiary/aromatic N) is 1. The van der Waals surface area contributed by atoms with Crippen molar-refractivity contribution < 1.29 is 0 Å². The summed E-state index contributed by atoms with van der Waals surface area (Å²) in [7, 11) is 0. The maximum atomic E-state index is 3.72. The van der Waals surface area contributed by atoms with E-state index in [0.717, 1.165) is 12.0 Å². The van der Waals surface area contributed by atoms with E-state index in [4.69, 9.17) is 0 Å². The van der Waals surface area contributed by atoms with E-state index < -0.39 is 0 Å². The van der Waals surface area contributed by atoms with Crippen molar-refractivity contribution in [2.75, 3.05) is 13.1 Å². The monoisotopic (exact) mass is 168 g/mol. The van der Waals surface area contributed by atoms with Gasteiger partial charge in [0.05, 0.1) is 6.17 Å². The van der Waals surface area contributed by atoms with Crippen LogP contribution in [0.25, 0.3) is 0 Å². The summed E-state index contributed by atoms with van der Waals surface area (Å²) >= 11 is 0. The molecule has 0 aromatic carbocycles. The van der Waals surface area contributed by atoms with E-state index in [1.807, 2.05) is 0 Å². The first-order chi connectivity index (χ1) is 5.77. The minimum atomic E-state index is 0.714. The Balaban J connectivity index is 1.94. The van der Waals surface area contributed by atoms with Crippen molar-refractivity contribution in [1.29, 1.82) is 0 Å². The second-order valence-corrected chi connectivity index (χ2v) is 4.52. The van der Waals surface area contributed by atoms with Crippen molar-refractivity contribution in [2.45, 2.75) is 45.3 Å². The molecule has 2 atom stereocenters. The van der Waals surface area contributed by atoms with Gasteiger partial charge in [0.15, 0.2) is 0 Å². The average Bonchev–Trinajstić information content (AvgIpc) is 2.46. The van der Waals surface area contributed by atoms with Gasteiger partial charge in [-0.25, -0.2) is 0 Å². The zero-order chi connectivity index (χ0) is 8.55. The van der Waals surface area contributed by atoms with Crippen molar-refractivity contribution >= 4 is 0 Å². The molecule has 0 aliphatic carbocycles. The van der Waals surface area contributed by atoms with Crippen LogP contribution in [-0.2, 0) is 0 Å². The molecule has 0 spiro atoms. The summed E-state index contributed by atoms with van der Waals surface area (Å²) in [6.07, 6.45) is 4.90. The number of nitrogens with one attached hydrogen (secondary N) is 1. The molecule has 2 aliphatic rings. The normalized spacial score (nSPS) is 37.2. The standard InChI is InChI=1S/C10H20N2/c1-8(2)9-7-12-6-4-3-5-10(12)11-9/h8-11H,3-7H2,1-2H3. The third-order valence-electron chi connectivity index (χ3n) is 3.26. The van der Waals surface area contributed by atoms with Gasteiger partial charge in [-0.05, 0) is 31.7 Å². The third kappa shape index (κ3) is 1.50. The topological polar surface area (TPSA) is 15.3 Å². The number of piperidine rings is 1. The molecule has 0 aromatic heterocycles. The van der Waals surface area contributed by atoms with Crippen LogP contribution in [0.3, 0.4) is 0 Å². The summed E-state index contributed by atoms with van der Waals surface area (Å²) in [4.78, 5) is 2.62. The van der Waals surface area contributed by atoms with Gasteiger partial charge in [-0.2, -0.15) is 0 Å². The highest BCUT2D eigenvalue weighted by Crippen LogP contribution is 2.22. The lowest BCUT2D eigenvalue weighted by molar-refractivity contribution is 0.186. The number of fused-ring (bicyclic) bond motifs is 1. The van der Waals surface area contributed by atoms with Gasteiger partial charge in [-0.1, -0.05) is 13.8 Å². The summed E-state index contributed by atoms with van der Waals surface area (Å²) in [5, 5.41) is 3.72. The molecule has 2 heteroatoms. The largest absolute Gasteiger partial charge is 0.297 e. The first kappa shape index (κ1) is 8.52. The Hall–Kier alpha value is -0.0800. The van der Waals surface area contributed by atoms with Crippen LogP contribution < -0.4 is 5.32 Å².